The van der Waals surface area contributed by atoms with Crippen LogP contribution in [-0.2, 0) is 4.79 Å². The van der Waals surface area contributed by atoms with Gasteiger partial charge in [-0.2, -0.15) is 0 Å². The van der Waals surface area contributed by atoms with Crippen LogP contribution in [0.4, 0.5) is 0 Å². The number of hydrogen-bond acceptors (Lipinski definition) is 1. The van der Waals surface area contributed by atoms with Gasteiger partial charge in [-0.15, -0.1) is 0 Å². The molecule has 0 N–H and O–H groups in total. The van der Waals surface area contributed by atoms with Crippen LogP contribution >= 0.6 is 14.1 Å². The molecule has 0 aromatic heterocycles. The van der Waals surface area contributed by atoms with Crippen molar-refractivity contribution < 1.29 is 4.79 Å². The molecule has 2 nitrogen and oxygen atoms in total. The third kappa shape index (κ3) is 3.49. The molecule has 0 saturated carbocycles. The molecule has 0 heterocycles. The van der Waals surface area contributed by atoms with E-state index in [9.17, 15) is 4.79 Å². The van der Waals surface area contributed by atoms with Gasteiger partial charge in [0, 0.05) is 0 Å². The fraction of sp³-hybridized carbons (Fsp3) is 0.643. The van der Waals surface area contributed by atoms with Crippen LogP contribution in [0.2, 0.25) is 10.1 Å². The van der Waals surface area contributed by atoms with Crippen LogP contribution in [0.3, 0.4) is 0 Å². The summed E-state index contributed by atoms with van der Waals surface area (Å²) in [7, 11) is 0. The van der Waals surface area contributed by atoms with Crippen molar-refractivity contribution in [3.8, 4) is 0 Å². The van der Waals surface area contributed by atoms with Crippen LogP contribution in [0.15, 0.2) is 23.8 Å². The van der Waals surface area contributed by atoms with Gasteiger partial charge in [-0.05, 0) is 0 Å². The van der Waals surface area contributed by atoms with Crippen LogP contribution in [0.5, 0.6) is 0 Å². The number of carbonyl (C=O) groups excluding carboxylic acids is 1. The number of allylic oxidation sites excluding steroid dienone is 3. The number of amides is 1. The summed E-state index contributed by atoms with van der Waals surface area (Å²) < 4.78 is 0. The summed E-state index contributed by atoms with van der Waals surface area (Å²) in [5.74, 6) is 0.205. The molecule has 0 aliphatic heterocycles. The van der Waals surface area contributed by atoms with E-state index in [0.29, 0.717) is 4.82 Å². The summed E-state index contributed by atoms with van der Waals surface area (Å²) in [6.07, 6.45) is 6.21. The molecule has 1 amide bonds. The van der Waals surface area contributed by atoms with Gasteiger partial charge in [-0.3, -0.25) is 0 Å². The maximum absolute atomic E-state index is 12.7. The molecule has 1 rings (SSSR count). The summed E-state index contributed by atoms with van der Waals surface area (Å²) in [6, 6.07) is 0.491. The van der Waals surface area contributed by atoms with Crippen molar-refractivity contribution in [3.05, 3.63) is 23.8 Å². The van der Waals surface area contributed by atoms with Crippen LogP contribution < -0.4 is 0 Å². The molecular weight excluding hydrogens is 357 g/mol. The Hall–Kier alpha value is -0.0505. The molecule has 0 aromatic rings. The van der Waals surface area contributed by atoms with E-state index in [2.05, 4.69) is 54.8 Å². The molecule has 2 atom stereocenters. The van der Waals surface area contributed by atoms with E-state index in [4.69, 9.17) is 0 Å². The predicted octanol–water partition coefficient (Wildman–Crippen LogP) is 3.90. The van der Waals surface area contributed by atoms with E-state index in [-0.39, 0.29) is 18.0 Å². The summed E-state index contributed by atoms with van der Waals surface area (Å²) >= 11 is 2.89. The number of rotatable bonds is 5. The Bertz CT molecular complexity index is 355. The van der Waals surface area contributed by atoms with Crippen molar-refractivity contribution in [2.45, 2.75) is 56.8 Å². The molecule has 0 radical (unpaired) electrons. The SMILES string of the molecule is CC[Se+](Br)C1C=CC=C1C(=O)N(C(C)C)C(C)C. The third-order valence-electron chi connectivity index (χ3n) is 3.01. The normalized spacial score (nSPS) is 20.4. The van der Waals surface area contributed by atoms with E-state index in [1.807, 2.05) is 17.1 Å². The molecule has 2 unspecified atom stereocenters. The second kappa shape index (κ2) is 6.93. The van der Waals surface area contributed by atoms with E-state index in [1.165, 1.54) is 0 Å². The first kappa shape index (κ1) is 16.0. The van der Waals surface area contributed by atoms with Crippen LogP contribution in [-0.4, -0.2) is 35.0 Å². The molecule has 0 saturated heterocycles. The van der Waals surface area contributed by atoms with Gasteiger partial charge in [-0.25, -0.2) is 0 Å². The van der Waals surface area contributed by atoms with Gasteiger partial charge in [-0.1, -0.05) is 0 Å². The average Bonchev–Trinajstić information content (AvgIpc) is 2.75. The summed E-state index contributed by atoms with van der Waals surface area (Å²) in [4.78, 5) is 15.0. The molecule has 0 aromatic carbocycles. The van der Waals surface area contributed by atoms with Crippen molar-refractivity contribution in [2.75, 3.05) is 0 Å². The first-order valence-corrected chi connectivity index (χ1v) is 12.7. The Morgan fingerprint density at radius 3 is 2.39 bits per heavy atom. The van der Waals surface area contributed by atoms with Gasteiger partial charge < -0.3 is 0 Å². The van der Waals surface area contributed by atoms with E-state index >= 15 is 0 Å². The van der Waals surface area contributed by atoms with Crippen molar-refractivity contribution >= 4 is 32.1 Å². The minimum absolute atomic E-state index is 0.205. The Morgan fingerprint density at radius 1 is 1.39 bits per heavy atom. The molecule has 18 heavy (non-hydrogen) atoms. The summed E-state index contributed by atoms with van der Waals surface area (Å²) in [5, 5.41) is 1.14. The number of halogens is 1. The second-order valence-electron chi connectivity index (χ2n) is 4.98. The molecule has 0 spiro atoms. The van der Waals surface area contributed by atoms with E-state index in [1.54, 1.807) is 0 Å². The van der Waals surface area contributed by atoms with Crippen molar-refractivity contribution in [2.24, 2.45) is 0 Å². The maximum atomic E-state index is 12.7. The Labute approximate surface area is 122 Å². The molecule has 0 fully saturated rings. The number of carbonyl (C=O) groups is 1. The molecule has 1 aliphatic carbocycles. The monoisotopic (exact) mass is 380 g/mol. The number of hydrogen-bond donors (Lipinski definition) is 0. The fourth-order valence-corrected chi connectivity index (χ4v) is 6.22. The zero-order chi connectivity index (χ0) is 13.9. The zero-order valence-corrected chi connectivity index (χ0v) is 15.1. The Morgan fingerprint density at radius 2 is 1.94 bits per heavy atom. The molecule has 0 bridgehead atoms. The standard InChI is InChI=1S/C14H23BrNOSe/c1-6-18(15)13-9-7-8-12(13)14(17)16(10(2)3)11(4)5/h7-11,13H,6H2,1-5H3/q+1. The fourth-order valence-electron chi connectivity index (χ4n) is 2.27. The van der Waals surface area contributed by atoms with Crippen LogP contribution in [0.25, 0.3) is 0 Å². The molecular formula is C14H23BrNOSe+. The van der Waals surface area contributed by atoms with Gasteiger partial charge >= 0.3 is 122 Å². The predicted molar refractivity (Wildman–Crippen MR) is 83.3 cm³/mol. The topological polar surface area (TPSA) is 20.3 Å². The third-order valence-corrected chi connectivity index (χ3v) is 10.7. The minimum atomic E-state index is -0.904. The van der Waals surface area contributed by atoms with Crippen LogP contribution in [0.1, 0.15) is 34.6 Å². The van der Waals surface area contributed by atoms with Gasteiger partial charge in [0.25, 0.3) is 0 Å². The molecule has 102 valence electrons. The van der Waals surface area contributed by atoms with Crippen molar-refractivity contribution in [1.82, 2.24) is 4.90 Å². The number of nitrogens with zero attached hydrogens (tertiary/aromatic N) is 1. The Balaban J connectivity index is 2.90. The van der Waals surface area contributed by atoms with Gasteiger partial charge in [0.05, 0.1) is 0 Å². The average molecular weight is 380 g/mol. The summed E-state index contributed by atoms with van der Waals surface area (Å²) in [5.41, 5.74) is 0.973. The first-order valence-electron chi connectivity index (χ1n) is 6.47. The summed E-state index contributed by atoms with van der Waals surface area (Å²) in [6.45, 7) is 10.5. The van der Waals surface area contributed by atoms with Gasteiger partial charge in [0.2, 0.25) is 0 Å². The molecule has 1 aliphatic rings. The van der Waals surface area contributed by atoms with Crippen molar-refractivity contribution in [3.63, 3.8) is 0 Å². The van der Waals surface area contributed by atoms with E-state index < -0.39 is 12.1 Å². The molecule has 4 heteroatoms. The van der Waals surface area contributed by atoms with E-state index in [0.717, 1.165) is 10.9 Å². The van der Waals surface area contributed by atoms with Crippen LogP contribution in [0, 0.1) is 0 Å². The quantitative estimate of drug-likeness (QED) is 0.663. The zero-order valence-electron chi connectivity index (χ0n) is 11.8. The second-order valence-corrected chi connectivity index (χ2v) is 13.1. The van der Waals surface area contributed by atoms with Crippen molar-refractivity contribution in [1.29, 1.82) is 0 Å². The van der Waals surface area contributed by atoms with Gasteiger partial charge in [0.1, 0.15) is 0 Å². The first-order chi connectivity index (χ1) is 8.40. The Kier molecular flexibility index (Phi) is 6.16. The van der Waals surface area contributed by atoms with Gasteiger partial charge in [0.15, 0.2) is 0 Å².